The first-order chi connectivity index (χ1) is 16.3. The van der Waals surface area contributed by atoms with E-state index < -0.39 is 29.9 Å². The van der Waals surface area contributed by atoms with Crippen LogP contribution in [-0.4, -0.2) is 59.5 Å². The Morgan fingerprint density at radius 1 is 1.18 bits per heavy atom. The van der Waals surface area contributed by atoms with Crippen LogP contribution in [0.25, 0.3) is 0 Å². The Hall–Kier alpha value is -2.66. The zero-order chi connectivity index (χ0) is 23.9. The first kappa shape index (κ1) is 23.1. The van der Waals surface area contributed by atoms with Crippen molar-refractivity contribution < 1.29 is 31.8 Å². The van der Waals surface area contributed by atoms with Gasteiger partial charge in [0.2, 0.25) is 0 Å². The molecule has 1 fully saturated rings. The average Bonchev–Trinajstić information content (AvgIpc) is 3.24. The minimum absolute atomic E-state index is 0.0491. The monoisotopic (exact) mass is 482 g/mol. The topological polar surface area (TPSA) is 68.6 Å². The van der Waals surface area contributed by atoms with E-state index in [4.69, 9.17) is 9.47 Å². The minimum Gasteiger partial charge on any atom is -0.491 e. The molecule has 2 aromatic rings. The Kier molecular flexibility index (Phi) is 6.24. The number of alkyl halides is 4. The van der Waals surface area contributed by atoms with E-state index in [2.05, 4.69) is 15.3 Å². The first-order valence-corrected chi connectivity index (χ1v) is 11.4. The third-order valence-corrected chi connectivity index (χ3v) is 6.69. The smallest absolute Gasteiger partial charge is 0.416 e. The molecule has 2 atom stereocenters. The summed E-state index contributed by atoms with van der Waals surface area (Å²) in [6.45, 7) is 4.53. The third-order valence-electron chi connectivity index (χ3n) is 6.69. The highest BCUT2D eigenvalue weighted by Gasteiger charge is 2.37. The number of nitrogens with zero attached hydrogens (tertiary/aromatic N) is 3. The van der Waals surface area contributed by atoms with Gasteiger partial charge in [-0.1, -0.05) is 0 Å². The Balaban J connectivity index is 1.23. The standard InChI is InChI=1S/C23H26F4N4O3/c24-21-17-9-15(23(25,26)27)1-2-20(17)34-13-19(21)28-22(32)18-10-16-12-30(5-6-31(16)29-18)11-14-3-7-33-8-4-14/h1-2,9-10,14,19,21H,3-8,11-13H2,(H,28,32)/t19-,21?/m0/s1. The van der Waals surface area contributed by atoms with E-state index in [1.165, 1.54) is 0 Å². The van der Waals surface area contributed by atoms with Crippen LogP contribution in [0, 0.1) is 5.92 Å². The molecule has 0 radical (unpaired) electrons. The number of aromatic nitrogens is 2. The summed E-state index contributed by atoms with van der Waals surface area (Å²) in [5.41, 5.74) is -0.124. The van der Waals surface area contributed by atoms with Crippen molar-refractivity contribution in [2.24, 2.45) is 5.92 Å². The molecule has 5 rings (SSSR count). The number of rotatable bonds is 4. The summed E-state index contributed by atoms with van der Waals surface area (Å²) in [7, 11) is 0. The molecular formula is C23H26F4N4O3. The molecule has 34 heavy (non-hydrogen) atoms. The number of benzene rings is 1. The number of fused-ring (bicyclic) bond motifs is 2. The van der Waals surface area contributed by atoms with Gasteiger partial charge in [-0.15, -0.1) is 0 Å². The molecule has 7 nitrogen and oxygen atoms in total. The second-order valence-electron chi connectivity index (χ2n) is 9.08. The van der Waals surface area contributed by atoms with Crippen LogP contribution < -0.4 is 10.1 Å². The number of ether oxygens (including phenoxy) is 2. The van der Waals surface area contributed by atoms with Gasteiger partial charge in [-0.2, -0.15) is 18.3 Å². The fourth-order valence-corrected chi connectivity index (χ4v) is 4.79. The Labute approximate surface area is 194 Å². The van der Waals surface area contributed by atoms with Gasteiger partial charge in [0.1, 0.15) is 12.4 Å². The van der Waals surface area contributed by atoms with E-state index in [9.17, 15) is 18.0 Å². The molecule has 1 amide bonds. The van der Waals surface area contributed by atoms with Crippen molar-refractivity contribution in [1.29, 1.82) is 0 Å². The summed E-state index contributed by atoms with van der Waals surface area (Å²) >= 11 is 0. The molecule has 0 spiro atoms. The largest absolute Gasteiger partial charge is 0.491 e. The maximum atomic E-state index is 15.1. The number of hydrogen-bond donors (Lipinski definition) is 1. The van der Waals surface area contributed by atoms with E-state index in [0.29, 0.717) is 19.0 Å². The first-order valence-electron chi connectivity index (χ1n) is 11.4. The van der Waals surface area contributed by atoms with Gasteiger partial charge in [-0.25, -0.2) is 4.39 Å². The molecule has 11 heteroatoms. The van der Waals surface area contributed by atoms with Crippen LogP contribution in [0.3, 0.4) is 0 Å². The molecule has 3 aliphatic rings. The number of nitrogens with one attached hydrogen (secondary N) is 1. The number of hydrogen-bond acceptors (Lipinski definition) is 5. The summed E-state index contributed by atoms with van der Waals surface area (Å²) < 4.78 is 66.8. The van der Waals surface area contributed by atoms with Gasteiger partial charge < -0.3 is 14.8 Å². The summed E-state index contributed by atoms with van der Waals surface area (Å²) in [4.78, 5) is 15.1. The van der Waals surface area contributed by atoms with Crippen molar-refractivity contribution in [1.82, 2.24) is 20.0 Å². The zero-order valence-corrected chi connectivity index (χ0v) is 18.5. The molecular weight excluding hydrogens is 456 g/mol. The molecule has 1 saturated heterocycles. The van der Waals surface area contributed by atoms with Gasteiger partial charge in [0.05, 0.1) is 23.8 Å². The van der Waals surface area contributed by atoms with Crippen LogP contribution in [0.15, 0.2) is 24.3 Å². The average molecular weight is 482 g/mol. The molecule has 3 aliphatic heterocycles. The van der Waals surface area contributed by atoms with Crippen molar-refractivity contribution in [2.45, 2.75) is 44.3 Å². The Bertz CT molecular complexity index is 1050. The summed E-state index contributed by atoms with van der Waals surface area (Å²) in [5, 5.41) is 6.91. The summed E-state index contributed by atoms with van der Waals surface area (Å²) in [6, 6.07) is 3.27. The molecule has 0 bridgehead atoms. The van der Waals surface area contributed by atoms with E-state index in [1.807, 2.05) is 0 Å². The molecule has 1 aromatic carbocycles. The van der Waals surface area contributed by atoms with E-state index in [-0.39, 0.29) is 23.6 Å². The summed E-state index contributed by atoms with van der Waals surface area (Å²) in [6.07, 6.45) is -4.34. The predicted molar refractivity (Wildman–Crippen MR) is 113 cm³/mol. The minimum atomic E-state index is -4.60. The second kappa shape index (κ2) is 9.18. The SMILES string of the molecule is O=C(N[C@H]1COc2ccc(C(F)(F)F)cc2C1F)c1cc2n(n1)CCN(CC1CCOCC1)C2. The van der Waals surface area contributed by atoms with Crippen LogP contribution in [-0.2, 0) is 24.0 Å². The van der Waals surface area contributed by atoms with Crippen LogP contribution in [0.4, 0.5) is 17.6 Å². The van der Waals surface area contributed by atoms with Crippen LogP contribution in [0.2, 0.25) is 0 Å². The normalized spacial score (nSPS) is 23.6. The maximum absolute atomic E-state index is 15.1. The zero-order valence-electron chi connectivity index (χ0n) is 18.5. The molecule has 1 N–H and O–H groups in total. The highest BCUT2D eigenvalue weighted by atomic mass is 19.4. The molecule has 0 aliphatic carbocycles. The molecule has 0 saturated carbocycles. The number of carbonyl (C=O) groups is 1. The van der Waals surface area contributed by atoms with Crippen molar-refractivity contribution in [3.63, 3.8) is 0 Å². The lowest BCUT2D eigenvalue weighted by Gasteiger charge is -2.32. The fraction of sp³-hybridized carbons (Fsp3) is 0.565. The molecule has 4 heterocycles. The van der Waals surface area contributed by atoms with Gasteiger partial charge in [0.15, 0.2) is 11.9 Å². The van der Waals surface area contributed by atoms with Crippen LogP contribution >= 0.6 is 0 Å². The van der Waals surface area contributed by atoms with Gasteiger partial charge >= 0.3 is 6.18 Å². The van der Waals surface area contributed by atoms with E-state index >= 15 is 4.39 Å². The van der Waals surface area contributed by atoms with Gasteiger partial charge in [-0.05, 0) is 43.0 Å². The lowest BCUT2D eigenvalue weighted by Crippen LogP contribution is -2.44. The van der Waals surface area contributed by atoms with E-state index in [1.54, 1.807) is 10.7 Å². The van der Waals surface area contributed by atoms with Gasteiger partial charge in [-0.3, -0.25) is 14.4 Å². The lowest BCUT2D eigenvalue weighted by atomic mass is 9.98. The van der Waals surface area contributed by atoms with Crippen LogP contribution in [0.5, 0.6) is 5.75 Å². The Morgan fingerprint density at radius 2 is 1.97 bits per heavy atom. The molecule has 1 unspecified atom stereocenters. The highest BCUT2D eigenvalue weighted by Crippen LogP contribution is 2.39. The highest BCUT2D eigenvalue weighted by molar-refractivity contribution is 5.92. The fourth-order valence-electron chi connectivity index (χ4n) is 4.79. The number of halogens is 4. The van der Waals surface area contributed by atoms with E-state index in [0.717, 1.165) is 63.0 Å². The second-order valence-corrected chi connectivity index (χ2v) is 9.08. The molecule has 1 aromatic heterocycles. The maximum Gasteiger partial charge on any atom is 0.416 e. The van der Waals surface area contributed by atoms with Crippen molar-refractivity contribution in [3.05, 3.63) is 46.8 Å². The quantitative estimate of drug-likeness (QED) is 0.678. The van der Waals surface area contributed by atoms with Crippen LogP contribution in [0.1, 0.15) is 46.3 Å². The summed E-state index contributed by atoms with van der Waals surface area (Å²) in [5.74, 6) is 0.0668. The molecule has 184 valence electrons. The van der Waals surface area contributed by atoms with Gasteiger partial charge in [0.25, 0.3) is 5.91 Å². The number of amides is 1. The van der Waals surface area contributed by atoms with Crippen molar-refractivity contribution >= 4 is 5.91 Å². The number of carbonyl (C=O) groups excluding carboxylic acids is 1. The van der Waals surface area contributed by atoms with Crippen molar-refractivity contribution in [2.75, 3.05) is 32.9 Å². The predicted octanol–water partition coefficient (Wildman–Crippen LogP) is 3.35. The van der Waals surface area contributed by atoms with Crippen molar-refractivity contribution in [3.8, 4) is 5.75 Å². The van der Waals surface area contributed by atoms with Gasteiger partial charge in [0, 0.05) is 38.4 Å². The lowest BCUT2D eigenvalue weighted by molar-refractivity contribution is -0.137. The third kappa shape index (κ3) is 4.76. The Morgan fingerprint density at radius 3 is 2.74 bits per heavy atom.